The first-order valence-electron chi connectivity index (χ1n) is 5.53. The van der Waals surface area contributed by atoms with E-state index < -0.39 is 21.8 Å². The normalized spacial score (nSPS) is 18.3. The van der Waals surface area contributed by atoms with Gasteiger partial charge in [0.25, 0.3) is 16.0 Å². The van der Waals surface area contributed by atoms with Crippen LogP contribution in [0.3, 0.4) is 0 Å². The van der Waals surface area contributed by atoms with Gasteiger partial charge in [-0.15, -0.1) is 0 Å². The van der Waals surface area contributed by atoms with Crippen molar-refractivity contribution in [2.45, 2.75) is 6.92 Å². The number of thioether (sulfide) groups is 1. The maximum atomic E-state index is 12.1. The van der Waals surface area contributed by atoms with Crippen LogP contribution >= 0.6 is 24.0 Å². The maximum absolute atomic E-state index is 12.1. The molecule has 0 atom stereocenters. The smallest absolute Gasteiger partial charge is 0.266 e. The van der Waals surface area contributed by atoms with Gasteiger partial charge in [-0.25, -0.2) is 0 Å². The zero-order valence-electron chi connectivity index (χ0n) is 10.4. The lowest BCUT2D eigenvalue weighted by Crippen LogP contribution is -2.32. The summed E-state index contributed by atoms with van der Waals surface area (Å²) in [6, 6.07) is 3.49. The molecule has 1 saturated heterocycles. The molecule has 1 aliphatic rings. The zero-order valence-corrected chi connectivity index (χ0v) is 12.8. The summed E-state index contributed by atoms with van der Waals surface area (Å²) in [6.45, 7) is 1.62. The lowest BCUT2D eigenvalue weighted by molar-refractivity contribution is -0.121. The molecule has 1 amide bonds. The first-order valence-corrected chi connectivity index (χ1v) is 8.36. The zero-order chi connectivity index (χ0) is 14.9. The van der Waals surface area contributed by atoms with Crippen molar-refractivity contribution < 1.29 is 22.2 Å². The van der Waals surface area contributed by atoms with Crippen molar-refractivity contribution in [2.75, 3.05) is 12.3 Å². The second kappa shape index (κ2) is 5.68. The Labute approximate surface area is 125 Å². The minimum absolute atomic E-state index is 0.169. The van der Waals surface area contributed by atoms with Crippen LogP contribution in [-0.4, -0.2) is 40.4 Å². The summed E-state index contributed by atoms with van der Waals surface area (Å²) in [5.41, 5.74) is 0. The first-order chi connectivity index (χ1) is 9.26. The average molecular weight is 333 g/mol. The fourth-order valence-corrected chi connectivity index (χ4v) is 3.26. The highest BCUT2D eigenvalue weighted by molar-refractivity contribution is 8.26. The van der Waals surface area contributed by atoms with E-state index in [9.17, 15) is 13.2 Å². The topological polar surface area (TPSA) is 87.8 Å². The highest BCUT2D eigenvalue weighted by atomic mass is 32.2. The number of hydrogen-bond acceptors (Lipinski definition) is 6. The van der Waals surface area contributed by atoms with E-state index in [1.807, 2.05) is 0 Å². The summed E-state index contributed by atoms with van der Waals surface area (Å²) in [5.74, 6) is 0.306. The number of aryl methyl sites for hydroxylation is 1. The predicted octanol–water partition coefficient (Wildman–Crippen LogP) is 1.68. The van der Waals surface area contributed by atoms with Gasteiger partial charge in [-0.1, -0.05) is 24.0 Å². The van der Waals surface area contributed by atoms with Crippen molar-refractivity contribution >= 4 is 50.4 Å². The molecule has 0 bridgehead atoms. The lowest BCUT2D eigenvalue weighted by atomic mass is 10.3. The number of nitrogens with zero attached hydrogens (tertiary/aromatic N) is 1. The molecule has 0 aromatic carbocycles. The van der Waals surface area contributed by atoms with Gasteiger partial charge in [0.05, 0.1) is 10.7 Å². The molecular formula is C11H11NO5S3. The van der Waals surface area contributed by atoms with Crippen LogP contribution in [0.15, 0.2) is 21.5 Å². The molecule has 108 valence electrons. The second-order valence-electron chi connectivity index (χ2n) is 4.07. The Bertz CT molecular complexity index is 689. The molecule has 0 saturated carbocycles. The molecule has 0 unspecified atom stereocenters. The lowest BCUT2D eigenvalue weighted by Gasteiger charge is -2.12. The van der Waals surface area contributed by atoms with Gasteiger partial charge in [-0.05, 0) is 19.1 Å². The molecule has 6 nitrogen and oxygen atoms in total. The first kappa shape index (κ1) is 15.2. The van der Waals surface area contributed by atoms with Crippen LogP contribution in [0.25, 0.3) is 6.08 Å². The summed E-state index contributed by atoms with van der Waals surface area (Å²) < 4.78 is 35.7. The van der Waals surface area contributed by atoms with E-state index in [0.717, 1.165) is 22.4 Å². The Morgan fingerprint density at radius 3 is 2.75 bits per heavy atom. The van der Waals surface area contributed by atoms with Crippen LogP contribution in [0, 0.1) is 6.92 Å². The van der Waals surface area contributed by atoms with Crippen molar-refractivity contribution in [3.8, 4) is 0 Å². The molecule has 1 aromatic rings. The third-order valence-corrected chi connectivity index (χ3v) is 4.56. The largest absolute Gasteiger partial charge is 0.462 e. The van der Waals surface area contributed by atoms with E-state index in [2.05, 4.69) is 0 Å². The van der Waals surface area contributed by atoms with E-state index in [1.165, 1.54) is 0 Å². The van der Waals surface area contributed by atoms with E-state index in [4.69, 9.17) is 21.2 Å². The predicted molar refractivity (Wildman–Crippen MR) is 79.7 cm³/mol. The molecule has 1 aromatic heterocycles. The molecule has 20 heavy (non-hydrogen) atoms. The Balaban J connectivity index is 2.14. The van der Waals surface area contributed by atoms with Crippen LogP contribution in [0.1, 0.15) is 11.5 Å². The summed E-state index contributed by atoms with van der Waals surface area (Å²) >= 11 is 6.09. The Kier molecular flexibility index (Phi) is 4.33. The number of thiocarbonyl (C=S) groups is 1. The highest BCUT2D eigenvalue weighted by Gasteiger charge is 2.32. The number of hydrogen-bond donors (Lipinski definition) is 1. The quantitative estimate of drug-likeness (QED) is 0.509. The molecule has 2 rings (SSSR count). The SMILES string of the molecule is Cc1ccc(C=C2SC(=S)N(CCS(=O)(=O)O)C2=O)o1. The number of carbonyl (C=O) groups excluding carboxylic acids is 1. The Hall–Kier alpha value is -1.16. The van der Waals surface area contributed by atoms with Crippen molar-refractivity contribution in [1.29, 1.82) is 0 Å². The fraction of sp³-hybridized carbons (Fsp3) is 0.273. The van der Waals surface area contributed by atoms with Gasteiger partial charge in [-0.3, -0.25) is 14.2 Å². The average Bonchev–Trinajstić information content (AvgIpc) is 2.82. The van der Waals surface area contributed by atoms with Crippen molar-refractivity contribution in [3.05, 3.63) is 28.6 Å². The van der Waals surface area contributed by atoms with Crippen LogP contribution in [0.5, 0.6) is 0 Å². The number of carbonyl (C=O) groups is 1. The van der Waals surface area contributed by atoms with E-state index in [1.54, 1.807) is 25.1 Å². The summed E-state index contributed by atoms with van der Waals surface area (Å²) in [7, 11) is -4.13. The third kappa shape index (κ3) is 3.69. The van der Waals surface area contributed by atoms with Crippen LogP contribution in [-0.2, 0) is 14.9 Å². The third-order valence-electron chi connectivity index (χ3n) is 2.48. The van der Waals surface area contributed by atoms with Crippen molar-refractivity contribution in [3.63, 3.8) is 0 Å². The van der Waals surface area contributed by atoms with Gasteiger partial charge in [0.1, 0.15) is 15.8 Å². The van der Waals surface area contributed by atoms with Gasteiger partial charge >= 0.3 is 0 Å². The van der Waals surface area contributed by atoms with Gasteiger partial charge in [-0.2, -0.15) is 8.42 Å². The van der Waals surface area contributed by atoms with Gasteiger partial charge in [0.15, 0.2) is 0 Å². The Morgan fingerprint density at radius 2 is 2.20 bits per heavy atom. The molecule has 0 aliphatic carbocycles. The summed E-state index contributed by atoms with van der Waals surface area (Å²) in [4.78, 5) is 13.6. The van der Waals surface area contributed by atoms with Crippen molar-refractivity contribution in [1.82, 2.24) is 4.90 Å². The highest BCUT2D eigenvalue weighted by Crippen LogP contribution is 2.32. The standard InChI is InChI=1S/C11H11NO5S3/c1-7-2-3-8(17-7)6-9-10(13)12(11(18)19-9)4-5-20(14,15)16/h2-3,6H,4-5H2,1H3,(H,14,15,16). The summed E-state index contributed by atoms with van der Waals surface area (Å²) in [6.07, 6.45) is 1.56. The molecule has 9 heteroatoms. The van der Waals surface area contributed by atoms with E-state index >= 15 is 0 Å². The number of rotatable bonds is 4. The molecule has 0 spiro atoms. The van der Waals surface area contributed by atoms with Crippen LogP contribution < -0.4 is 0 Å². The van der Waals surface area contributed by atoms with Crippen LogP contribution in [0.4, 0.5) is 0 Å². The van der Waals surface area contributed by atoms with Crippen molar-refractivity contribution in [2.24, 2.45) is 0 Å². The fourth-order valence-electron chi connectivity index (χ4n) is 1.56. The second-order valence-corrected chi connectivity index (χ2v) is 7.32. The van der Waals surface area contributed by atoms with Gasteiger partial charge in [0.2, 0.25) is 0 Å². The number of furan rings is 1. The van der Waals surface area contributed by atoms with Crippen LogP contribution in [0.2, 0.25) is 0 Å². The number of amides is 1. The van der Waals surface area contributed by atoms with Gasteiger partial charge in [0, 0.05) is 12.6 Å². The van der Waals surface area contributed by atoms with Gasteiger partial charge < -0.3 is 4.42 Å². The minimum atomic E-state index is -4.13. The molecule has 0 radical (unpaired) electrons. The molecule has 1 aliphatic heterocycles. The monoisotopic (exact) mass is 333 g/mol. The minimum Gasteiger partial charge on any atom is -0.462 e. The molecule has 2 heterocycles. The maximum Gasteiger partial charge on any atom is 0.266 e. The molecular weight excluding hydrogens is 322 g/mol. The van der Waals surface area contributed by atoms with E-state index in [0.29, 0.717) is 10.7 Å². The molecule has 1 fully saturated rings. The molecule has 1 N–H and O–H groups in total. The summed E-state index contributed by atoms with van der Waals surface area (Å²) in [5, 5.41) is 0. The van der Waals surface area contributed by atoms with E-state index in [-0.39, 0.29) is 10.9 Å². The Morgan fingerprint density at radius 1 is 1.50 bits per heavy atom.